The Bertz CT molecular complexity index is 1220. The van der Waals surface area contributed by atoms with Crippen LogP contribution in [-0.2, 0) is 0 Å². The highest BCUT2D eigenvalue weighted by molar-refractivity contribution is 7.98. The zero-order valence-corrected chi connectivity index (χ0v) is 20.3. The molecule has 9 nitrogen and oxygen atoms in total. The van der Waals surface area contributed by atoms with Crippen molar-refractivity contribution in [1.29, 1.82) is 0 Å². The van der Waals surface area contributed by atoms with Crippen molar-refractivity contribution in [3.63, 3.8) is 0 Å². The molecule has 1 aliphatic rings. The van der Waals surface area contributed by atoms with E-state index in [1.807, 2.05) is 43.0 Å². The van der Waals surface area contributed by atoms with Gasteiger partial charge in [0, 0.05) is 55.7 Å². The molecule has 0 unspecified atom stereocenters. The van der Waals surface area contributed by atoms with E-state index in [0.29, 0.717) is 5.92 Å². The SMILES string of the molecule is CCN(CC1CCN(c2ncccn2)CC1)c1cc(Nc2ccc3[nH]ncc3c2)nc(SC)n1. The number of hydrogen-bond acceptors (Lipinski definition) is 9. The number of nitrogens with zero attached hydrogens (tertiary/aromatic N) is 7. The molecule has 1 aromatic carbocycles. The van der Waals surface area contributed by atoms with Gasteiger partial charge in [-0.3, -0.25) is 5.10 Å². The fourth-order valence-electron chi connectivity index (χ4n) is 4.36. The second-order valence-corrected chi connectivity index (χ2v) is 9.19. The number of aromatic nitrogens is 6. The number of benzene rings is 1. The van der Waals surface area contributed by atoms with Crippen LogP contribution in [0.25, 0.3) is 10.9 Å². The Hall–Kier alpha value is -3.40. The number of piperidine rings is 1. The minimum atomic E-state index is 0.604. The predicted octanol–water partition coefficient (Wildman–Crippen LogP) is 4.35. The molecule has 0 spiro atoms. The van der Waals surface area contributed by atoms with E-state index in [9.17, 15) is 0 Å². The van der Waals surface area contributed by atoms with Crippen molar-refractivity contribution in [2.75, 3.05) is 47.6 Å². The van der Waals surface area contributed by atoms with Crippen LogP contribution in [0.1, 0.15) is 19.8 Å². The molecular weight excluding hydrogens is 446 g/mol. The molecule has 0 radical (unpaired) electrons. The molecule has 10 heteroatoms. The Kier molecular flexibility index (Phi) is 6.75. The van der Waals surface area contributed by atoms with Crippen molar-refractivity contribution in [2.24, 2.45) is 5.92 Å². The second-order valence-electron chi connectivity index (χ2n) is 8.41. The highest BCUT2D eigenvalue weighted by Gasteiger charge is 2.23. The van der Waals surface area contributed by atoms with Crippen LogP contribution in [0.5, 0.6) is 0 Å². The molecule has 1 fully saturated rings. The van der Waals surface area contributed by atoms with E-state index in [0.717, 1.165) is 78.4 Å². The highest BCUT2D eigenvalue weighted by Crippen LogP contribution is 2.27. The Morgan fingerprint density at radius 1 is 1.15 bits per heavy atom. The first-order valence-electron chi connectivity index (χ1n) is 11.6. The Morgan fingerprint density at radius 2 is 1.97 bits per heavy atom. The zero-order valence-electron chi connectivity index (χ0n) is 19.5. The number of anilines is 4. The Labute approximate surface area is 203 Å². The first kappa shape index (κ1) is 22.4. The fourth-order valence-corrected chi connectivity index (χ4v) is 4.74. The molecule has 1 saturated heterocycles. The molecule has 0 atom stereocenters. The summed E-state index contributed by atoms with van der Waals surface area (Å²) in [4.78, 5) is 23.0. The van der Waals surface area contributed by atoms with Gasteiger partial charge in [-0.25, -0.2) is 19.9 Å². The molecular formula is C24H29N9S. The van der Waals surface area contributed by atoms with Crippen LogP contribution in [0.3, 0.4) is 0 Å². The van der Waals surface area contributed by atoms with Crippen LogP contribution in [-0.4, -0.2) is 62.6 Å². The third-order valence-corrected chi connectivity index (χ3v) is 6.77. The van der Waals surface area contributed by atoms with Crippen molar-refractivity contribution in [2.45, 2.75) is 24.9 Å². The number of fused-ring (bicyclic) bond motifs is 1. The van der Waals surface area contributed by atoms with Gasteiger partial charge in [0.2, 0.25) is 5.95 Å². The van der Waals surface area contributed by atoms with Crippen LogP contribution >= 0.6 is 11.8 Å². The second kappa shape index (κ2) is 10.3. The lowest BCUT2D eigenvalue weighted by Gasteiger charge is -2.35. The number of hydrogen-bond donors (Lipinski definition) is 2. The minimum absolute atomic E-state index is 0.604. The predicted molar refractivity (Wildman–Crippen MR) is 138 cm³/mol. The van der Waals surface area contributed by atoms with Gasteiger partial charge in [0.05, 0.1) is 11.7 Å². The lowest BCUT2D eigenvalue weighted by Crippen LogP contribution is -2.39. The number of rotatable bonds is 8. The van der Waals surface area contributed by atoms with Crippen molar-refractivity contribution < 1.29 is 0 Å². The molecule has 5 rings (SSSR count). The maximum atomic E-state index is 4.83. The van der Waals surface area contributed by atoms with E-state index in [4.69, 9.17) is 9.97 Å². The normalized spacial score (nSPS) is 14.5. The summed E-state index contributed by atoms with van der Waals surface area (Å²) in [6, 6.07) is 10.0. The van der Waals surface area contributed by atoms with Gasteiger partial charge in [-0.05, 0) is 56.2 Å². The van der Waals surface area contributed by atoms with Crippen LogP contribution < -0.4 is 15.1 Å². The lowest BCUT2D eigenvalue weighted by molar-refractivity contribution is 0.400. The maximum Gasteiger partial charge on any atom is 0.225 e. The summed E-state index contributed by atoms with van der Waals surface area (Å²) in [6.07, 6.45) is 9.69. The first-order chi connectivity index (χ1) is 16.7. The summed E-state index contributed by atoms with van der Waals surface area (Å²) in [5.41, 5.74) is 1.99. The third-order valence-electron chi connectivity index (χ3n) is 6.22. The van der Waals surface area contributed by atoms with E-state index < -0.39 is 0 Å². The minimum Gasteiger partial charge on any atom is -0.356 e. The van der Waals surface area contributed by atoms with Crippen molar-refractivity contribution in [3.8, 4) is 0 Å². The van der Waals surface area contributed by atoms with E-state index in [1.54, 1.807) is 11.8 Å². The average Bonchev–Trinajstić information content (AvgIpc) is 3.36. The van der Waals surface area contributed by atoms with Gasteiger partial charge in [-0.2, -0.15) is 5.10 Å². The molecule has 2 N–H and O–H groups in total. The van der Waals surface area contributed by atoms with Gasteiger partial charge < -0.3 is 15.1 Å². The van der Waals surface area contributed by atoms with E-state index in [-0.39, 0.29) is 0 Å². The van der Waals surface area contributed by atoms with Crippen molar-refractivity contribution in [1.82, 2.24) is 30.1 Å². The number of aromatic amines is 1. The maximum absolute atomic E-state index is 4.83. The van der Waals surface area contributed by atoms with Gasteiger partial charge in [0.15, 0.2) is 5.16 Å². The molecule has 176 valence electrons. The number of thioether (sulfide) groups is 1. The van der Waals surface area contributed by atoms with E-state index in [1.165, 1.54) is 0 Å². The summed E-state index contributed by atoms with van der Waals surface area (Å²) in [6.45, 7) is 6.02. The topological polar surface area (TPSA) is 98.8 Å². The Morgan fingerprint density at radius 3 is 2.74 bits per heavy atom. The fraction of sp³-hybridized carbons (Fsp3) is 0.375. The zero-order chi connectivity index (χ0) is 23.3. The van der Waals surface area contributed by atoms with Crippen LogP contribution in [0, 0.1) is 5.92 Å². The summed E-state index contributed by atoms with van der Waals surface area (Å²) in [5.74, 6) is 3.19. The monoisotopic (exact) mass is 475 g/mol. The van der Waals surface area contributed by atoms with Gasteiger partial charge in [-0.15, -0.1) is 0 Å². The van der Waals surface area contributed by atoms with Crippen LogP contribution in [0.4, 0.5) is 23.3 Å². The summed E-state index contributed by atoms with van der Waals surface area (Å²) in [5, 5.41) is 12.4. The first-order valence-corrected chi connectivity index (χ1v) is 12.8. The largest absolute Gasteiger partial charge is 0.356 e. The summed E-state index contributed by atoms with van der Waals surface area (Å²) >= 11 is 1.56. The van der Waals surface area contributed by atoms with Crippen LogP contribution in [0.15, 0.2) is 54.1 Å². The lowest BCUT2D eigenvalue weighted by atomic mass is 9.96. The average molecular weight is 476 g/mol. The van der Waals surface area contributed by atoms with Gasteiger partial charge in [0.1, 0.15) is 11.6 Å². The summed E-state index contributed by atoms with van der Waals surface area (Å²) in [7, 11) is 0. The molecule has 1 aliphatic heterocycles. The molecule has 0 saturated carbocycles. The molecule has 0 amide bonds. The summed E-state index contributed by atoms with van der Waals surface area (Å²) < 4.78 is 0. The van der Waals surface area contributed by atoms with Gasteiger partial charge in [0.25, 0.3) is 0 Å². The van der Waals surface area contributed by atoms with E-state index in [2.05, 4.69) is 54.3 Å². The molecule has 0 aliphatic carbocycles. The molecule has 4 aromatic rings. The number of H-pyrrole nitrogens is 1. The third kappa shape index (κ3) is 5.06. The van der Waals surface area contributed by atoms with Gasteiger partial charge in [-0.1, -0.05) is 11.8 Å². The molecule has 34 heavy (non-hydrogen) atoms. The standard InChI is InChI=1S/C24H29N9S/c1-3-32(16-17-7-11-33(12-8-17)23-25-9-4-10-26-23)22-14-21(29-24(30-22)34-2)28-19-5-6-20-18(13-19)15-27-31-20/h4-6,9-10,13-15,17H,3,7-8,11-12,16H2,1-2H3,(H,27,31)(H,28,29,30). The molecule has 4 heterocycles. The van der Waals surface area contributed by atoms with Crippen LogP contribution in [0.2, 0.25) is 0 Å². The smallest absolute Gasteiger partial charge is 0.225 e. The van der Waals surface area contributed by atoms with Crippen molar-refractivity contribution >= 4 is 45.9 Å². The number of nitrogens with one attached hydrogen (secondary N) is 2. The quantitative estimate of drug-likeness (QED) is 0.285. The molecule has 0 bridgehead atoms. The van der Waals surface area contributed by atoms with E-state index >= 15 is 0 Å². The van der Waals surface area contributed by atoms with Crippen molar-refractivity contribution in [3.05, 3.63) is 48.9 Å². The molecule has 3 aromatic heterocycles. The Balaban J connectivity index is 1.28. The highest BCUT2D eigenvalue weighted by atomic mass is 32.2. The van der Waals surface area contributed by atoms with Gasteiger partial charge >= 0.3 is 0 Å².